The highest BCUT2D eigenvalue weighted by Crippen LogP contribution is 2.26. The van der Waals surface area contributed by atoms with Crippen molar-refractivity contribution in [1.29, 1.82) is 0 Å². The SMILES string of the molecule is CC(C)CC(N)C(=O)NC(CCC(=O)O)C(=O)N1CCCC1C(=O)N1CCCC1C(=O)O. The van der Waals surface area contributed by atoms with Gasteiger partial charge < -0.3 is 31.1 Å². The Morgan fingerprint density at radius 1 is 1.00 bits per heavy atom. The molecule has 0 aromatic heterocycles. The summed E-state index contributed by atoms with van der Waals surface area (Å²) >= 11 is 0. The van der Waals surface area contributed by atoms with Crippen molar-refractivity contribution in [2.75, 3.05) is 13.1 Å². The number of carboxylic acids is 2. The van der Waals surface area contributed by atoms with Gasteiger partial charge in [-0.3, -0.25) is 19.2 Å². The van der Waals surface area contributed by atoms with Gasteiger partial charge in [-0.25, -0.2) is 4.79 Å². The molecule has 0 bridgehead atoms. The summed E-state index contributed by atoms with van der Waals surface area (Å²) < 4.78 is 0. The molecule has 2 aliphatic rings. The molecule has 5 N–H and O–H groups in total. The third-order valence-electron chi connectivity index (χ3n) is 5.97. The van der Waals surface area contributed by atoms with E-state index in [0.29, 0.717) is 38.6 Å². The lowest BCUT2D eigenvalue weighted by atomic mass is 10.0. The first kappa shape index (κ1) is 25.6. The van der Waals surface area contributed by atoms with Crippen molar-refractivity contribution in [2.45, 2.75) is 83.0 Å². The number of aliphatic carboxylic acids is 2. The standard InChI is InChI=1S/C21H34N4O7/c1-12(2)11-13(22)18(28)23-14(7-8-17(26)27)19(29)24-9-3-5-15(24)20(30)25-10-4-6-16(25)21(31)32/h12-16H,3-11,22H2,1-2H3,(H,23,28)(H,26,27)(H,31,32). The molecule has 3 amide bonds. The van der Waals surface area contributed by atoms with E-state index in [0.717, 1.165) is 0 Å². The first-order valence-corrected chi connectivity index (χ1v) is 11.1. The average molecular weight is 455 g/mol. The summed E-state index contributed by atoms with van der Waals surface area (Å²) in [5.41, 5.74) is 5.91. The summed E-state index contributed by atoms with van der Waals surface area (Å²) in [6.45, 7) is 4.41. The van der Waals surface area contributed by atoms with Crippen LogP contribution in [0, 0.1) is 5.92 Å². The van der Waals surface area contributed by atoms with Gasteiger partial charge in [0, 0.05) is 19.5 Å². The Labute approximate surface area is 187 Å². The molecule has 11 nitrogen and oxygen atoms in total. The van der Waals surface area contributed by atoms with Crippen molar-refractivity contribution in [3.05, 3.63) is 0 Å². The van der Waals surface area contributed by atoms with Crippen molar-refractivity contribution in [3.63, 3.8) is 0 Å². The van der Waals surface area contributed by atoms with Gasteiger partial charge in [0.05, 0.1) is 6.04 Å². The molecule has 2 heterocycles. The molecule has 2 fully saturated rings. The van der Waals surface area contributed by atoms with E-state index in [2.05, 4.69) is 5.32 Å². The van der Waals surface area contributed by atoms with Crippen LogP contribution in [0.5, 0.6) is 0 Å². The molecule has 0 aromatic carbocycles. The number of rotatable bonds is 10. The van der Waals surface area contributed by atoms with E-state index in [9.17, 15) is 29.1 Å². The first-order valence-electron chi connectivity index (χ1n) is 11.1. The molecule has 0 aromatic rings. The second-order valence-corrected chi connectivity index (χ2v) is 8.95. The highest BCUT2D eigenvalue weighted by atomic mass is 16.4. The highest BCUT2D eigenvalue weighted by Gasteiger charge is 2.43. The number of likely N-dealkylation sites (tertiary alicyclic amines) is 2. The molecule has 2 saturated heterocycles. The van der Waals surface area contributed by atoms with E-state index >= 15 is 0 Å². The molecule has 4 atom stereocenters. The molecule has 0 radical (unpaired) electrons. The van der Waals surface area contributed by atoms with Crippen molar-refractivity contribution >= 4 is 29.7 Å². The Kier molecular flexibility index (Phi) is 8.99. The fourth-order valence-corrected chi connectivity index (χ4v) is 4.38. The molecule has 4 unspecified atom stereocenters. The topological polar surface area (TPSA) is 170 Å². The van der Waals surface area contributed by atoms with Gasteiger partial charge in [0.2, 0.25) is 17.7 Å². The lowest BCUT2D eigenvalue weighted by molar-refractivity contribution is -0.152. The molecule has 2 rings (SSSR count). The zero-order valence-corrected chi connectivity index (χ0v) is 18.7. The lowest BCUT2D eigenvalue weighted by Crippen LogP contribution is -2.57. The van der Waals surface area contributed by atoms with Crippen molar-refractivity contribution < 1.29 is 34.2 Å². The second kappa shape index (κ2) is 11.3. The number of carboxylic acid groups (broad SMARTS) is 2. The number of carbonyl (C=O) groups excluding carboxylic acids is 3. The molecular formula is C21H34N4O7. The maximum atomic E-state index is 13.3. The van der Waals surface area contributed by atoms with Crippen LogP contribution in [-0.2, 0) is 24.0 Å². The van der Waals surface area contributed by atoms with Gasteiger partial charge in [0.1, 0.15) is 18.1 Å². The molecule has 2 aliphatic heterocycles. The van der Waals surface area contributed by atoms with Crippen LogP contribution in [0.15, 0.2) is 0 Å². The zero-order valence-electron chi connectivity index (χ0n) is 18.7. The minimum atomic E-state index is -1.13. The van der Waals surface area contributed by atoms with Gasteiger partial charge in [-0.05, 0) is 44.4 Å². The van der Waals surface area contributed by atoms with Crippen LogP contribution in [0.2, 0.25) is 0 Å². The van der Waals surface area contributed by atoms with E-state index in [4.69, 9.17) is 10.8 Å². The lowest BCUT2D eigenvalue weighted by Gasteiger charge is -2.32. The van der Waals surface area contributed by atoms with Crippen LogP contribution in [0.1, 0.15) is 58.8 Å². The highest BCUT2D eigenvalue weighted by molar-refractivity contribution is 5.95. The molecule has 0 saturated carbocycles. The minimum Gasteiger partial charge on any atom is -0.481 e. The van der Waals surface area contributed by atoms with E-state index in [1.54, 1.807) is 0 Å². The van der Waals surface area contributed by atoms with Gasteiger partial charge in [0.15, 0.2) is 0 Å². The van der Waals surface area contributed by atoms with Gasteiger partial charge >= 0.3 is 11.9 Å². The molecule has 0 aliphatic carbocycles. The van der Waals surface area contributed by atoms with Crippen LogP contribution in [0.3, 0.4) is 0 Å². The minimum absolute atomic E-state index is 0.132. The monoisotopic (exact) mass is 454 g/mol. The summed E-state index contributed by atoms with van der Waals surface area (Å²) in [6.07, 6.45) is 1.83. The number of amides is 3. The molecule has 0 spiro atoms. The Morgan fingerprint density at radius 2 is 1.59 bits per heavy atom. The average Bonchev–Trinajstić information content (AvgIpc) is 3.38. The quantitative estimate of drug-likeness (QED) is 0.351. The predicted octanol–water partition coefficient (Wildman–Crippen LogP) is -0.224. The predicted molar refractivity (Wildman–Crippen MR) is 113 cm³/mol. The van der Waals surface area contributed by atoms with Gasteiger partial charge in [-0.1, -0.05) is 13.8 Å². The van der Waals surface area contributed by atoms with E-state index in [1.807, 2.05) is 13.8 Å². The van der Waals surface area contributed by atoms with Gasteiger partial charge in [-0.2, -0.15) is 0 Å². The van der Waals surface area contributed by atoms with Crippen LogP contribution < -0.4 is 11.1 Å². The second-order valence-electron chi connectivity index (χ2n) is 8.95. The molecule has 180 valence electrons. The molecule has 32 heavy (non-hydrogen) atoms. The van der Waals surface area contributed by atoms with Crippen LogP contribution >= 0.6 is 0 Å². The summed E-state index contributed by atoms with van der Waals surface area (Å²) in [7, 11) is 0. The summed E-state index contributed by atoms with van der Waals surface area (Å²) in [6, 6.07) is -3.70. The van der Waals surface area contributed by atoms with Crippen molar-refractivity contribution in [2.24, 2.45) is 11.7 Å². The van der Waals surface area contributed by atoms with Crippen LogP contribution in [0.25, 0.3) is 0 Å². The third-order valence-corrected chi connectivity index (χ3v) is 5.97. The number of hydrogen-bond donors (Lipinski definition) is 4. The maximum Gasteiger partial charge on any atom is 0.326 e. The Balaban J connectivity index is 2.15. The van der Waals surface area contributed by atoms with Crippen LogP contribution in [0.4, 0.5) is 0 Å². The van der Waals surface area contributed by atoms with Crippen molar-refractivity contribution in [1.82, 2.24) is 15.1 Å². The van der Waals surface area contributed by atoms with Gasteiger partial charge in [0.25, 0.3) is 0 Å². The number of carbonyl (C=O) groups is 5. The molecule has 11 heteroatoms. The molecular weight excluding hydrogens is 420 g/mol. The number of nitrogens with one attached hydrogen (secondary N) is 1. The van der Waals surface area contributed by atoms with Crippen molar-refractivity contribution in [3.8, 4) is 0 Å². The number of nitrogens with zero attached hydrogens (tertiary/aromatic N) is 2. The van der Waals surface area contributed by atoms with E-state index in [-0.39, 0.29) is 25.3 Å². The fourth-order valence-electron chi connectivity index (χ4n) is 4.38. The number of hydrogen-bond acceptors (Lipinski definition) is 6. The first-order chi connectivity index (χ1) is 15.0. The number of nitrogens with two attached hydrogens (primary N) is 1. The summed E-state index contributed by atoms with van der Waals surface area (Å²) in [5, 5.41) is 21.0. The Bertz CT molecular complexity index is 742. The van der Waals surface area contributed by atoms with E-state index in [1.165, 1.54) is 9.80 Å². The largest absolute Gasteiger partial charge is 0.481 e. The van der Waals surface area contributed by atoms with Crippen LogP contribution in [-0.4, -0.2) is 86.9 Å². The zero-order chi connectivity index (χ0) is 24.0. The smallest absolute Gasteiger partial charge is 0.326 e. The summed E-state index contributed by atoms with van der Waals surface area (Å²) in [4.78, 5) is 64.1. The maximum absolute atomic E-state index is 13.3. The fraction of sp³-hybridized carbons (Fsp3) is 0.762. The Hall–Kier alpha value is -2.69. The third kappa shape index (κ3) is 6.41. The Morgan fingerprint density at radius 3 is 2.16 bits per heavy atom. The van der Waals surface area contributed by atoms with Gasteiger partial charge in [-0.15, -0.1) is 0 Å². The summed E-state index contributed by atoms with van der Waals surface area (Å²) in [5.74, 6) is -3.53. The normalized spacial score (nSPS) is 22.6. The van der Waals surface area contributed by atoms with E-state index < -0.39 is 53.8 Å².